The quantitative estimate of drug-likeness (QED) is 0.420. The molecule has 0 radical (unpaired) electrons. The third-order valence-corrected chi connectivity index (χ3v) is 6.17. The molecule has 3 heterocycles. The van der Waals surface area contributed by atoms with Crippen LogP contribution in [0.4, 0.5) is 5.69 Å². The van der Waals surface area contributed by atoms with Gasteiger partial charge in [0.2, 0.25) is 0 Å². The van der Waals surface area contributed by atoms with Crippen molar-refractivity contribution in [1.29, 1.82) is 0 Å². The molecule has 0 fully saturated rings. The minimum atomic E-state index is -0.349. The molecular weight excluding hydrogens is 474 g/mol. The number of carbonyl (C=O) groups excluding carboxylic acids is 2. The third-order valence-electron chi connectivity index (χ3n) is 5.51. The van der Waals surface area contributed by atoms with Gasteiger partial charge in [-0.05, 0) is 46.3 Å². The van der Waals surface area contributed by atoms with Gasteiger partial charge in [0, 0.05) is 52.4 Å². The van der Waals surface area contributed by atoms with Gasteiger partial charge in [-0.2, -0.15) is 0 Å². The maximum Gasteiger partial charge on any atom is 0.291 e. The van der Waals surface area contributed by atoms with Crippen molar-refractivity contribution < 1.29 is 18.7 Å². The van der Waals surface area contributed by atoms with Crippen molar-refractivity contribution in [3.63, 3.8) is 0 Å². The van der Waals surface area contributed by atoms with E-state index in [9.17, 15) is 9.59 Å². The lowest BCUT2D eigenvalue weighted by Crippen LogP contribution is -2.38. The van der Waals surface area contributed by atoms with Gasteiger partial charge in [-0.1, -0.05) is 18.2 Å². The van der Waals surface area contributed by atoms with Crippen molar-refractivity contribution in [2.75, 3.05) is 18.5 Å². The fourth-order valence-corrected chi connectivity index (χ4v) is 4.38. The molecule has 1 aliphatic heterocycles. The van der Waals surface area contributed by atoms with Crippen LogP contribution in [-0.4, -0.2) is 34.8 Å². The number of fused-ring (bicyclic) bond motifs is 3. The average Bonchev–Trinajstić information content (AvgIpc) is 3.46. The Hall–Kier alpha value is -3.52. The molecule has 2 amide bonds. The highest BCUT2D eigenvalue weighted by Gasteiger charge is 2.24. The highest BCUT2D eigenvalue weighted by atomic mass is 79.9. The van der Waals surface area contributed by atoms with Gasteiger partial charge in [-0.25, -0.2) is 0 Å². The van der Waals surface area contributed by atoms with Crippen molar-refractivity contribution in [2.45, 2.75) is 13.0 Å². The first-order valence-electron chi connectivity index (χ1n) is 10.2. The second kappa shape index (κ2) is 8.55. The molecule has 0 saturated heterocycles. The smallest absolute Gasteiger partial charge is 0.291 e. The summed E-state index contributed by atoms with van der Waals surface area (Å²) in [6, 6.07) is 16.3. The maximum absolute atomic E-state index is 12.8. The summed E-state index contributed by atoms with van der Waals surface area (Å²) in [5.41, 5.74) is 3.96. The summed E-state index contributed by atoms with van der Waals surface area (Å²) in [6.07, 6.45) is 2.22. The van der Waals surface area contributed by atoms with Gasteiger partial charge in [-0.15, -0.1) is 0 Å². The molecule has 1 aliphatic rings. The molecule has 4 aromatic rings. The van der Waals surface area contributed by atoms with E-state index in [2.05, 4.69) is 32.3 Å². The molecule has 0 unspecified atom stereocenters. The van der Waals surface area contributed by atoms with Gasteiger partial charge in [0.1, 0.15) is 5.75 Å². The Balaban J connectivity index is 1.22. The number of rotatable bonds is 5. The van der Waals surface area contributed by atoms with Crippen molar-refractivity contribution >= 4 is 44.3 Å². The van der Waals surface area contributed by atoms with Crippen LogP contribution in [0.15, 0.2) is 69.8 Å². The molecular formula is C24H20BrN3O4. The Bertz CT molecular complexity index is 1300. The molecule has 32 heavy (non-hydrogen) atoms. The topological polar surface area (TPSA) is 87.6 Å². The van der Waals surface area contributed by atoms with Crippen LogP contribution in [-0.2, 0) is 17.8 Å². The molecule has 5 rings (SSSR count). The number of carbonyl (C=O) groups is 2. The first-order valence-corrected chi connectivity index (χ1v) is 11.0. The molecule has 2 aromatic carbocycles. The highest BCUT2D eigenvalue weighted by Crippen LogP contribution is 2.31. The summed E-state index contributed by atoms with van der Waals surface area (Å²) in [7, 11) is 0. The van der Waals surface area contributed by atoms with E-state index in [4.69, 9.17) is 9.15 Å². The van der Waals surface area contributed by atoms with Crippen LogP contribution in [0, 0.1) is 0 Å². The van der Waals surface area contributed by atoms with Gasteiger partial charge < -0.3 is 24.4 Å². The van der Waals surface area contributed by atoms with Gasteiger partial charge in [0.15, 0.2) is 12.4 Å². The Labute approximate surface area is 192 Å². The number of aromatic amines is 1. The lowest BCUT2D eigenvalue weighted by atomic mass is 10.0. The lowest BCUT2D eigenvalue weighted by Gasteiger charge is -2.27. The lowest BCUT2D eigenvalue weighted by molar-refractivity contribution is -0.134. The zero-order chi connectivity index (χ0) is 22.1. The van der Waals surface area contributed by atoms with Crippen molar-refractivity contribution in [3.05, 3.63) is 82.4 Å². The third kappa shape index (κ3) is 4.01. The van der Waals surface area contributed by atoms with Gasteiger partial charge >= 0.3 is 0 Å². The largest absolute Gasteiger partial charge is 0.484 e. The highest BCUT2D eigenvalue weighted by molar-refractivity contribution is 9.10. The zero-order valence-electron chi connectivity index (χ0n) is 17.1. The molecule has 0 bridgehead atoms. The summed E-state index contributed by atoms with van der Waals surface area (Å²) in [5, 5.41) is 3.88. The Morgan fingerprint density at radius 2 is 2.03 bits per heavy atom. The molecule has 162 valence electrons. The molecule has 0 saturated carbocycles. The average molecular weight is 494 g/mol. The Morgan fingerprint density at radius 1 is 1.16 bits per heavy atom. The van der Waals surface area contributed by atoms with Crippen LogP contribution in [0.2, 0.25) is 0 Å². The van der Waals surface area contributed by atoms with Crippen LogP contribution < -0.4 is 10.1 Å². The molecule has 7 nitrogen and oxygen atoms in total. The van der Waals surface area contributed by atoms with Crippen LogP contribution in [0.1, 0.15) is 21.8 Å². The predicted octanol–water partition coefficient (Wildman–Crippen LogP) is 4.74. The molecule has 0 atom stereocenters. The summed E-state index contributed by atoms with van der Waals surface area (Å²) in [6.45, 7) is 1.11. The predicted molar refractivity (Wildman–Crippen MR) is 124 cm³/mol. The number of nitrogens with zero attached hydrogens (tertiary/aromatic N) is 1. The molecule has 2 N–H and O–H groups in total. The second-order valence-corrected chi connectivity index (χ2v) is 8.41. The van der Waals surface area contributed by atoms with E-state index in [-0.39, 0.29) is 24.2 Å². The fourth-order valence-electron chi connectivity index (χ4n) is 3.92. The number of ether oxygens (including phenoxy) is 1. The maximum atomic E-state index is 12.8. The number of aromatic nitrogens is 1. The standard InChI is InChI=1S/C24H20BrN3O4/c25-19-7-2-6-17-18-13-28(10-9-20(18)27-23(17)19)22(29)14-32-16-5-1-4-15(12-16)26-24(30)21-8-3-11-31-21/h1-8,11-12,27H,9-10,13-14H2,(H,26,30). The zero-order valence-corrected chi connectivity index (χ0v) is 18.6. The van der Waals surface area contributed by atoms with Gasteiger partial charge in [-0.3, -0.25) is 9.59 Å². The second-order valence-electron chi connectivity index (χ2n) is 7.56. The van der Waals surface area contributed by atoms with E-state index in [1.807, 2.05) is 17.0 Å². The van der Waals surface area contributed by atoms with Crippen molar-refractivity contribution in [1.82, 2.24) is 9.88 Å². The van der Waals surface area contributed by atoms with E-state index >= 15 is 0 Å². The summed E-state index contributed by atoms with van der Waals surface area (Å²) in [4.78, 5) is 30.3. The number of amides is 2. The molecule has 0 spiro atoms. The Morgan fingerprint density at radius 3 is 2.88 bits per heavy atom. The number of benzene rings is 2. The van der Waals surface area contributed by atoms with E-state index in [1.165, 1.54) is 12.0 Å². The van der Waals surface area contributed by atoms with Crippen LogP contribution in [0.25, 0.3) is 10.9 Å². The number of furan rings is 1. The number of para-hydroxylation sites is 1. The molecule has 2 aromatic heterocycles. The van der Waals surface area contributed by atoms with Crippen LogP contribution in [0.5, 0.6) is 5.75 Å². The van der Waals surface area contributed by atoms with Crippen molar-refractivity contribution in [2.24, 2.45) is 0 Å². The van der Waals surface area contributed by atoms with E-state index in [0.29, 0.717) is 24.5 Å². The molecule has 0 aliphatic carbocycles. The number of nitrogens with one attached hydrogen (secondary N) is 2. The van der Waals surface area contributed by atoms with Crippen LogP contribution >= 0.6 is 15.9 Å². The Kier molecular flexibility index (Phi) is 5.45. The molecule has 8 heteroatoms. The van der Waals surface area contributed by atoms with Crippen LogP contribution in [0.3, 0.4) is 0 Å². The first-order chi connectivity index (χ1) is 15.6. The number of halogens is 1. The number of hydrogen-bond acceptors (Lipinski definition) is 4. The normalized spacial score (nSPS) is 13.1. The van der Waals surface area contributed by atoms with E-state index < -0.39 is 0 Å². The van der Waals surface area contributed by atoms with E-state index in [1.54, 1.807) is 36.4 Å². The minimum Gasteiger partial charge on any atom is -0.484 e. The number of hydrogen-bond donors (Lipinski definition) is 2. The minimum absolute atomic E-state index is 0.0725. The van der Waals surface area contributed by atoms with E-state index in [0.717, 1.165) is 27.4 Å². The first kappa shape index (κ1) is 20.4. The SMILES string of the molecule is O=C(Nc1cccc(OCC(=O)N2CCc3[nH]c4c(Br)cccc4c3C2)c1)c1ccco1. The number of H-pyrrole nitrogens is 1. The summed E-state index contributed by atoms with van der Waals surface area (Å²) >= 11 is 3.59. The fraction of sp³-hybridized carbons (Fsp3) is 0.167. The van der Waals surface area contributed by atoms with Gasteiger partial charge in [0.05, 0.1) is 11.8 Å². The summed E-state index contributed by atoms with van der Waals surface area (Å²) < 4.78 is 11.8. The number of anilines is 1. The monoisotopic (exact) mass is 493 g/mol. The van der Waals surface area contributed by atoms with Gasteiger partial charge in [0.25, 0.3) is 11.8 Å². The summed E-state index contributed by atoms with van der Waals surface area (Å²) in [5.74, 6) is 0.298. The van der Waals surface area contributed by atoms with Crippen molar-refractivity contribution in [3.8, 4) is 5.75 Å².